The minimum Gasteiger partial charge on any atom is -0.378 e. The van der Waals surface area contributed by atoms with E-state index in [1.54, 1.807) is 0 Å². The minimum atomic E-state index is 0.657. The van der Waals surface area contributed by atoms with Crippen molar-refractivity contribution in [2.24, 2.45) is 0 Å². The van der Waals surface area contributed by atoms with Gasteiger partial charge in [-0.15, -0.1) is 0 Å². The van der Waals surface area contributed by atoms with E-state index in [4.69, 9.17) is 11.6 Å². The lowest BCUT2D eigenvalue weighted by molar-refractivity contribution is 1.08. The fraction of sp³-hybridized carbons (Fsp3) is 0.133. The van der Waals surface area contributed by atoms with Crippen LogP contribution >= 0.6 is 11.6 Å². The largest absolute Gasteiger partial charge is 0.378 e. The molecular weight excluding hydrogens is 258 g/mol. The van der Waals surface area contributed by atoms with E-state index >= 15 is 0 Å². The quantitative estimate of drug-likeness (QED) is 0.783. The molecule has 2 aromatic heterocycles. The lowest BCUT2D eigenvalue weighted by Crippen LogP contribution is -2.00. The highest BCUT2D eigenvalue weighted by Crippen LogP contribution is 2.23. The second kappa shape index (κ2) is 4.94. The number of hydrogen-bond donors (Lipinski definition) is 1. The molecule has 3 aromatic rings. The first-order valence-corrected chi connectivity index (χ1v) is 6.53. The number of imidazole rings is 1. The average Bonchev–Trinajstić information content (AvgIpc) is 2.80. The number of nitrogens with one attached hydrogen (secondary N) is 1. The second-order valence-electron chi connectivity index (χ2n) is 4.54. The number of fused-ring (bicyclic) bond motifs is 1. The van der Waals surface area contributed by atoms with E-state index in [9.17, 15) is 0 Å². The number of hydrogen-bond acceptors (Lipinski definition) is 2. The van der Waals surface area contributed by atoms with Crippen LogP contribution < -0.4 is 5.32 Å². The minimum absolute atomic E-state index is 0.657. The maximum absolute atomic E-state index is 6.19. The van der Waals surface area contributed by atoms with E-state index in [-0.39, 0.29) is 0 Å². The topological polar surface area (TPSA) is 29.3 Å². The normalized spacial score (nSPS) is 10.8. The van der Waals surface area contributed by atoms with Crippen LogP contribution in [0.1, 0.15) is 11.3 Å². The summed E-state index contributed by atoms with van der Waals surface area (Å²) in [4.78, 5) is 4.53. The van der Waals surface area contributed by atoms with Crippen LogP contribution in [0.5, 0.6) is 0 Å². The zero-order chi connectivity index (χ0) is 13.2. The fourth-order valence-corrected chi connectivity index (χ4v) is 2.32. The lowest BCUT2D eigenvalue weighted by atomic mass is 10.2. The molecule has 0 aliphatic heterocycles. The Kier molecular flexibility index (Phi) is 3.13. The van der Waals surface area contributed by atoms with Gasteiger partial charge in [-0.1, -0.05) is 23.7 Å². The van der Waals surface area contributed by atoms with Gasteiger partial charge < -0.3 is 9.72 Å². The van der Waals surface area contributed by atoms with Crippen molar-refractivity contribution in [3.05, 3.63) is 65.1 Å². The summed E-state index contributed by atoms with van der Waals surface area (Å²) >= 11 is 6.19. The van der Waals surface area contributed by atoms with Crippen molar-refractivity contribution in [3.63, 3.8) is 0 Å². The molecule has 3 nitrogen and oxygen atoms in total. The molecule has 0 unspecified atom stereocenters. The molecule has 0 fully saturated rings. The summed E-state index contributed by atoms with van der Waals surface area (Å²) in [6, 6.07) is 11.9. The monoisotopic (exact) mass is 271 g/mol. The Morgan fingerprint density at radius 3 is 2.95 bits per heavy atom. The highest BCUT2D eigenvalue weighted by atomic mass is 35.5. The Labute approximate surface area is 116 Å². The van der Waals surface area contributed by atoms with Crippen molar-refractivity contribution in [3.8, 4) is 0 Å². The van der Waals surface area contributed by atoms with Crippen LogP contribution in [0.2, 0.25) is 5.02 Å². The molecule has 4 heteroatoms. The van der Waals surface area contributed by atoms with E-state index in [0.29, 0.717) is 6.54 Å². The average molecular weight is 272 g/mol. The molecule has 0 saturated heterocycles. The number of nitrogens with zero attached hydrogens (tertiary/aromatic N) is 2. The molecule has 0 aliphatic carbocycles. The number of benzene rings is 1. The molecule has 1 aromatic carbocycles. The number of aromatic nitrogens is 2. The smallest absolute Gasteiger partial charge is 0.137 e. The van der Waals surface area contributed by atoms with Crippen molar-refractivity contribution in [2.75, 3.05) is 5.32 Å². The summed E-state index contributed by atoms with van der Waals surface area (Å²) in [5.74, 6) is 0. The molecule has 0 radical (unpaired) electrons. The van der Waals surface area contributed by atoms with Crippen molar-refractivity contribution in [2.45, 2.75) is 13.5 Å². The summed E-state index contributed by atoms with van der Waals surface area (Å²) < 4.78 is 2.01. The Bertz CT molecular complexity index is 685. The van der Waals surface area contributed by atoms with Crippen LogP contribution in [0, 0.1) is 6.92 Å². The van der Waals surface area contributed by atoms with E-state index < -0.39 is 0 Å². The van der Waals surface area contributed by atoms with Gasteiger partial charge in [-0.2, -0.15) is 0 Å². The van der Waals surface area contributed by atoms with E-state index in [1.165, 1.54) is 0 Å². The standard InChI is InChI=1S/C15H14ClN3/c1-11-5-6-14(13(16)8-11)17-9-12-10-19-7-3-2-4-15(19)18-12/h2-8,10,17H,9H2,1H3. The third kappa shape index (κ3) is 2.56. The Balaban J connectivity index is 1.78. The fourth-order valence-electron chi connectivity index (χ4n) is 2.02. The highest BCUT2D eigenvalue weighted by Gasteiger charge is 2.03. The van der Waals surface area contributed by atoms with Crippen LogP contribution in [0.25, 0.3) is 5.65 Å². The molecular formula is C15H14ClN3. The maximum Gasteiger partial charge on any atom is 0.137 e. The number of rotatable bonds is 3. The van der Waals surface area contributed by atoms with E-state index in [1.807, 2.05) is 60.1 Å². The van der Waals surface area contributed by atoms with Gasteiger partial charge in [0.2, 0.25) is 0 Å². The number of aryl methyl sites for hydroxylation is 1. The highest BCUT2D eigenvalue weighted by molar-refractivity contribution is 6.33. The molecule has 2 heterocycles. The third-order valence-electron chi connectivity index (χ3n) is 3.00. The summed E-state index contributed by atoms with van der Waals surface area (Å²) in [6.45, 7) is 2.68. The van der Waals surface area contributed by atoms with E-state index in [0.717, 1.165) is 27.6 Å². The van der Waals surface area contributed by atoms with Crippen molar-refractivity contribution < 1.29 is 0 Å². The van der Waals surface area contributed by atoms with Crippen molar-refractivity contribution in [1.29, 1.82) is 0 Å². The SMILES string of the molecule is Cc1ccc(NCc2cn3ccccc3n2)c(Cl)c1. The summed E-state index contributed by atoms with van der Waals surface area (Å²) in [5.41, 5.74) is 4.03. The molecule has 1 N–H and O–H groups in total. The molecule has 3 rings (SSSR count). The third-order valence-corrected chi connectivity index (χ3v) is 3.31. The second-order valence-corrected chi connectivity index (χ2v) is 4.94. The van der Waals surface area contributed by atoms with Gasteiger partial charge in [0.1, 0.15) is 5.65 Å². The van der Waals surface area contributed by atoms with Crippen LogP contribution in [-0.2, 0) is 6.54 Å². The Morgan fingerprint density at radius 1 is 1.26 bits per heavy atom. The van der Waals surface area contributed by atoms with Crippen molar-refractivity contribution >= 4 is 22.9 Å². The first kappa shape index (κ1) is 12.1. The van der Waals surface area contributed by atoms with Crippen LogP contribution in [-0.4, -0.2) is 9.38 Å². The van der Waals surface area contributed by atoms with Gasteiger partial charge in [-0.25, -0.2) is 4.98 Å². The first-order chi connectivity index (χ1) is 9.22. The zero-order valence-electron chi connectivity index (χ0n) is 10.6. The van der Waals surface area contributed by atoms with Crippen molar-refractivity contribution in [1.82, 2.24) is 9.38 Å². The maximum atomic E-state index is 6.19. The molecule has 0 spiro atoms. The van der Waals surface area contributed by atoms with Gasteiger partial charge in [0.05, 0.1) is 22.9 Å². The van der Waals surface area contributed by atoms with Gasteiger partial charge in [-0.3, -0.25) is 0 Å². The molecule has 0 bridgehead atoms. The Hall–Kier alpha value is -2.00. The summed E-state index contributed by atoms with van der Waals surface area (Å²) in [5, 5.41) is 4.05. The number of halogens is 1. The molecule has 19 heavy (non-hydrogen) atoms. The van der Waals surface area contributed by atoms with Gasteiger partial charge in [0, 0.05) is 12.4 Å². The Morgan fingerprint density at radius 2 is 2.16 bits per heavy atom. The summed E-state index contributed by atoms with van der Waals surface area (Å²) in [7, 11) is 0. The molecule has 0 saturated carbocycles. The molecule has 0 atom stereocenters. The van der Waals surface area contributed by atoms with Gasteiger partial charge in [-0.05, 0) is 36.8 Å². The summed E-state index contributed by atoms with van der Waals surface area (Å²) in [6.07, 6.45) is 4.01. The van der Waals surface area contributed by atoms with Crippen LogP contribution in [0.15, 0.2) is 48.8 Å². The molecule has 96 valence electrons. The zero-order valence-corrected chi connectivity index (χ0v) is 11.4. The molecule has 0 aliphatic rings. The van der Waals surface area contributed by atoms with Crippen LogP contribution in [0.3, 0.4) is 0 Å². The predicted molar refractivity (Wildman–Crippen MR) is 78.7 cm³/mol. The number of anilines is 1. The predicted octanol–water partition coefficient (Wildman–Crippen LogP) is 3.91. The molecule has 0 amide bonds. The van der Waals surface area contributed by atoms with Gasteiger partial charge in [0.25, 0.3) is 0 Å². The van der Waals surface area contributed by atoms with Crippen LogP contribution in [0.4, 0.5) is 5.69 Å². The number of pyridine rings is 1. The van der Waals surface area contributed by atoms with Gasteiger partial charge in [0.15, 0.2) is 0 Å². The first-order valence-electron chi connectivity index (χ1n) is 6.15. The van der Waals surface area contributed by atoms with E-state index in [2.05, 4.69) is 10.3 Å². The lowest BCUT2D eigenvalue weighted by Gasteiger charge is -2.07. The van der Waals surface area contributed by atoms with Gasteiger partial charge >= 0.3 is 0 Å².